The van der Waals surface area contributed by atoms with Crippen LogP contribution in [-0.2, 0) is 15.9 Å². The number of rotatable bonds is 9. The molecular formula is C21H21NO7. The predicted molar refractivity (Wildman–Crippen MR) is 104 cm³/mol. The summed E-state index contributed by atoms with van der Waals surface area (Å²) in [5.74, 6) is -2.19. The molecule has 0 atom stereocenters. The topological polar surface area (TPSA) is 113 Å². The molecule has 0 N–H and O–H groups in total. The second-order valence-electron chi connectivity index (χ2n) is 6.32. The Morgan fingerprint density at radius 3 is 2.14 bits per heavy atom. The molecule has 0 spiro atoms. The highest BCUT2D eigenvalue weighted by Crippen LogP contribution is 2.19. The molecule has 2 aromatic rings. The minimum absolute atomic E-state index is 0.164. The Hall–Kier alpha value is -3.55. The number of ether oxygens (including phenoxy) is 2. The second kappa shape index (κ2) is 10.1. The van der Waals surface area contributed by atoms with Gasteiger partial charge in [0.1, 0.15) is 0 Å². The Labute approximate surface area is 167 Å². The first-order valence-corrected chi connectivity index (χ1v) is 9.02. The number of nitro benzene ring substituents is 1. The van der Waals surface area contributed by atoms with Crippen LogP contribution in [0.1, 0.15) is 56.4 Å². The van der Waals surface area contributed by atoms with E-state index in [0.29, 0.717) is 5.56 Å². The third kappa shape index (κ3) is 5.97. The SMILES string of the molecule is CCCCc1ccc(C(=O)COC(=O)c2cc(C(=O)OC)cc([N+](=O)[O-])c2)cc1. The number of benzene rings is 2. The van der Waals surface area contributed by atoms with Crippen molar-refractivity contribution < 1.29 is 28.8 Å². The zero-order valence-electron chi connectivity index (χ0n) is 16.2. The van der Waals surface area contributed by atoms with E-state index in [0.717, 1.165) is 50.1 Å². The van der Waals surface area contributed by atoms with Crippen molar-refractivity contribution in [2.75, 3.05) is 13.7 Å². The lowest BCUT2D eigenvalue weighted by atomic mass is 10.0. The van der Waals surface area contributed by atoms with Gasteiger partial charge >= 0.3 is 11.9 Å². The van der Waals surface area contributed by atoms with Gasteiger partial charge in [-0.1, -0.05) is 37.6 Å². The molecule has 0 saturated heterocycles. The maximum Gasteiger partial charge on any atom is 0.338 e. The van der Waals surface area contributed by atoms with E-state index in [-0.39, 0.29) is 11.1 Å². The molecule has 0 aliphatic rings. The molecule has 0 amide bonds. The fourth-order valence-corrected chi connectivity index (χ4v) is 2.61. The van der Waals surface area contributed by atoms with Gasteiger partial charge in [-0.25, -0.2) is 9.59 Å². The smallest absolute Gasteiger partial charge is 0.338 e. The molecule has 0 radical (unpaired) electrons. The van der Waals surface area contributed by atoms with Crippen LogP contribution in [0.5, 0.6) is 0 Å². The molecule has 0 unspecified atom stereocenters. The number of Topliss-reactive ketones (excluding diaryl/α,β-unsaturated/α-hetero) is 1. The summed E-state index contributed by atoms with van der Waals surface area (Å²) in [6.45, 7) is 1.57. The van der Waals surface area contributed by atoms with Gasteiger partial charge in [0.05, 0.1) is 23.2 Å². The van der Waals surface area contributed by atoms with Gasteiger partial charge in [0.2, 0.25) is 0 Å². The number of hydrogen-bond donors (Lipinski definition) is 0. The van der Waals surface area contributed by atoms with Crippen molar-refractivity contribution in [2.45, 2.75) is 26.2 Å². The minimum Gasteiger partial charge on any atom is -0.465 e. The van der Waals surface area contributed by atoms with E-state index in [1.807, 2.05) is 12.1 Å². The zero-order chi connectivity index (χ0) is 21.4. The summed E-state index contributed by atoms with van der Waals surface area (Å²) < 4.78 is 9.51. The number of esters is 2. The molecule has 0 aliphatic heterocycles. The van der Waals surface area contributed by atoms with Crippen LogP contribution in [-0.4, -0.2) is 36.4 Å². The van der Waals surface area contributed by atoms with E-state index in [4.69, 9.17) is 4.74 Å². The van der Waals surface area contributed by atoms with Gasteiger partial charge in [-0.15, -0.1) is 0 Å². The van der Waals surface area contributed by atoms with Crippen molar-refractivity contribution in [3.63, 3.8) is 0 Å². The Kier molecular flexibility index (Phi) is 7.59. The van der Waals surface area contributed by atoms with Gasteiger partial charge in [0, 0.05) is 17.7 Å². The number of carbonyl (C=O) groups is 3. The number of aryl methyl sites for hydroxylation is 1. The molecular weight excluding hydrogens is 378 g/mol. The van der Waals surface area contributed by atoms with Gasteiger partial charge in [0.15, 0.2) is 12.4 Å². The van der Waals surface area contributed by atoms with Crippen LogP contribution in [0.15, 0.2) is 42.5 Å². The maximum absolute atomic E-state index is 12.2. The number of unbranched alkanes of at least 4 members (excludes halogenated alkanes) is 1. The molecule has 0 fully saturated rings. The van der Waals surface area contributed by atoms with Crippen LogP contribution in [0.2, 0.25) is 0 Å². The Morgan fingerprint density at radius 1 is 0.966 bits per heavy atom. The number of carbonyl (C=O) groups excluding carboxylic acids is 3. The van der Waals surface area contributed by atoms with Crippen LogP contribution in [0.4, 0.5) is 5.69 Å². The molecule has 0 heterocycles. The maximum atomic E-state index is 12.2. The molecule has 0 aliphatic carbocycles. The van der Waals surface area contributed by atoms with Gasteiger partial charge in [0.25, 0.3) is 5.69 Å². The van der Waals surface area contributed by atoms with E-state index in [9.17, 15) is 24.5 Å². The Bertz CT molecular complexity index is 919. The lowest BCUT2D eigenvalue weighted by Crippen LogP contribution is -2.15. The number of methoxy groups -OCH3 is 1. The van der Waals surface area contributed by atoms with E-state index < -0.39 is 34.9 Å². The summed E-state index contributed by atoms with van der Waals surface area (Å²) in [7, 11) is 1.12. The highest BCUT2D eigenvalue weighted by Gasteiger charge is 2.20. The van der Waals surface area contributed by atoms with Crippen molar-refractivity contribution in [2.24, 2.45) is 0 Å². The molecule has 8 heteroatoms. The summed E-state index contributed by atoms with van der Waals surface area (Å²) in [5, 5.41) is 11.0. The van der Waals surface area contributed by atoms with Gasteiger partial charge in [-0.2, -0.15) is 0 Å². The highest BCUT2D eigenvalue weighted by molar-refractivity contribution is 6.00. The van der Waals surface area contributed by atoms with E-state index in [2.05, 4.69) is 11.7 Å². The Balaban J connectivity index is 2.08. The van der Waals surface area contributed by atoms with Gasteiger partial charge in [-0.3, -0.25) is 14.9 Å². The third-order valence-corrected chi connectivity index (χ3v) is 4.21. The number of ketones is 1. The Morgan fingerprint density at radius 2 is 1.59 bits per heavy atom. The number of nitrogens with zero attached hydrogens (tertiary/aromatic N) is 1. The van der Waals surface area contributed by atoms with Crippen molar-refractivity contribution in [3.05, 3.63) is 74.8 Å². The van der Waals surface area contributed by atoms with Crippen LogP contribution in [0.25, 0.3) is 0 Å². The molecule has 8 nitrogen and oxygen atoms in total. The minimum atomic E-state index is -0.952. The van der Waals surface area contributed by atoms with Crippen LogP contribution >= 0.6 is 0 Å². The molecule has 2 aromatic carbocycles. The van der Waals surface area contributed by atoms with E-state index in [1.165, 1.54) is 0 Å². The van der Waals surface area contributed by atoms with Crippen LogP contribution in [0, 0.1) is 10.1 Å². The summed E-state index contributed by atoms with van der Waals surface area (Å²) >= 11 is 0. The van der Waals surface area contributed by atoms with E-state index >= 15 is 0 Å². The summed E-state index contributed by atoms with van der Waals surface area (Å²) in [6, 6.07) is 10.1. The fraction of sp³-hybridized carbons (Fsp3) is 0.286. The number of nitro groups is 1. The van der Waals surface area contributed by atoms with Crippen LogP contribution < -0.4 is 0 Å². The molecule has 0 bridgehead atoms. The molecule has 152 valence electrons. The first-order valence-electron chi connectivity index (χ1n) is 9.02. The summed E-state index contributed by atoms with van der Waals surface area (Å²) in [4.78, 5) is 46.4. The molecule has 2 rings (SSSR count). The lowest BCUT2D eigenvalue weighted by Gasteiger charge is -2.07. The first kappa shape index (κ1) is 21.7. The van der Waals surface area contributed by atoms with Crippen molar-refractivity contribution >= 4 is 23.4 Å². The van der Waals surface area contributed by atoms with Crippen molar-refractivity contribution in [3.8, 4) is 0 Å². The molecule has 29 heavy (non-hydrogen) atoms. The highest BCUT2D eigenvalue weighted by atomic mass is 16.6. The predicted octanol–water partition coefficient (Wildman–Crippen LogP) is 3.76. The monoisotopic (exact) mass is 399 g/mol. The standard InChI is InChI=1S/C21H21NO7/c1-3-4-5-14-6-8-15(9-7-14)19(23)13-29-21(25)17-10-16(20(24)28-2)11-18(12-17)22(26)27/h6-12H,3-5,13H2,1-2H3. The number of non-ortho nitro benzene ring substituents is 1. The average molecular weight is 399 g/mol. The molecule has 0 saturated carbocycles. The summed E-state index contributed by atoms with van der Waals surface area (Å²) in [6.07, 6.45) is 3.06. The summed E-state index contributed by atoms with van der Waals surface area (Å²) in [5.41, 5.74) is 0.665. The zero-order valence-corrected chi connectivity index (χ0v) is 16.2. The lowest BCUT2D eigenvalue weighted by molar-refractivity contribution is -0.384. The fourth-order valence-electron chi connectivity index (χ4n) is 2.61. The van der Waals surface area contributed by atoms with Crippen molar-refractivity contribution in [1.82, 2.24) is 0 Å². The van der Waals surface area contributed by atoms with E-state index in [1.54, 1.807) is 12.1 Å². The number of hydrogen-bond acceptors (Lipinski definition) is 7. The third-order valence-electron chi connectivity index (χ3n) is 4.21. The van der Waals surface area contributed by atoms with Gasteiger partial charge < -0.3 is 9.47 Å². The molecule has 0 aromatic heterocycles. The average Bonchev–Trinajstić information content (AvgIpc) is 2.75. The van der Waals surface area contributed by atoms with Crippen LogP contribution in [0.3, 0.4) is 0 Å². The van der Waals surface area contributed by atoms with Crippen molar-refractivity contribution in [1.29, 1.82) is 0 Å². The normalized spacial score (nSPS) is 10.3. The second-order valence-corrected chi connectivity index (χ2v) is 6.32. The quantitative estimate of drug-likeness (QED) is 0.273. The first-order chi connectivity index (χ1) is 13.8. The van der Waals surface area contributed by atoms with Gasteiger partial charge in [-0.05, 0) is 24.5 Å². The largest absolute Gasteiger partial charge is 0.465 e.